The van der Waals surface area contributed by atoms with E-state index in [1.165, 1.54) is 11.3 Å². The largest absolute Gasteiger partial charge is 0.365 e. The molecule has 3 heterocycles. The average Bonchev–Trinajstić information content (AvgIpc) is 3.68. The van der Waals surface area contributed by atoms with Crippen LogP contribution in [0.15, 0.2) is 89.8 Å². The zero-order valence-corrected chi connectivity index (χ0v) is 23.4. The number of ketones is 1. The number of imidazole rings is 1. The van der Waals surface area contributed by atoms with Gasteiger partial charge in [0.15, 0.2) is 5.78 Å². The van der Waals surface area contributed by atoms with Crippen LogP contribution >= 0.6 is 61.8 Å². The van der Waals surface area contributed by atoms with E-state index >= 15 is 0 Å². The van der Waals surface area contributed by atoms with Gasteiger partial charge in [0.1, 0.15) is 5.82 Å². The van der Waals surface area contributed by atoms with Gasteiger partial charge in [-0.3, -0.25) is 9.59 Å². The minimum Gasteiger partial charge on any atom is -0.365 e. The van der Waals surface area contributed by atoms with E-state index < -0.39 is 0 Å². The Bertz CT molecular complexity index is 1370. The van der Waals surface area contributed by atoms with E-state index in [1.807, 2.05) is 47.3 Å². The van der Waals surface area contributed by atoms with E-state index in [1.54, 1.807) is 47.7 Å². The van der Waals surface area contributed by atoms with Crippen molar-refractivity contribution >= 4 is 73.5 Å². The van der Waals surface area contributed by atoms with Crippen LogP contribution in [0.1, 0.15) is 20.0 Å². The molecule has 5 aromatic rings. The lowest BCUT2D eigenvalue weighted by atomic mass is 10.2. The van der Waals surface area contributed by atoms with E-state index in [0.717, 1.165) is 27.0 Å². The molecule has 0 aliphatic carbocycles. The molecule has 0 spiro atoms. The number of nitrogens with one attached hydrogen (secondary N) is 1. The summed E-state index contributed by atoms with van der Waals surface area (Å²) < 4.78 is 0. The van der Waals surface area contributed by atoms with Crippen molar-refractivity contribution < 1.29 is 9.59 Å². The molecule has 3 aromatic heterocycles. The molecule has 0 aliphatic heterocycles. The number of alkyl halides is 1. The molecule has 5 nitrogen and oxygen atoms in total. The van der Waals surface area contributed by atoms with Gasteiger partial charge in [-0.2, -0.15) is 0 Å². The lowest BCUT2D eigenvalue weighted by Crippen LogP contribution is -2.07. The van der Waals surface area contributed by atoms with Crippen molar-refractivity contribution in [2.75, 3.05) is 5.33 Å². The summed E-state index contributed by atoms with van der Waals surface area (Å²) in [6.45, 7) is 0. The molecule has 0 saturated carbocycles. The van der Waals surface area contributed by atoms with Gasteiger partial charge in [-0.05, 0) is 64.9 Å². The van der Waals surface area contributed by atoms with Crippen LogP contribution in [0, 0.1) is 0 Å². The van der Waals surface area contributed by atoms with Gasteiger partial charge < -0.3 is 10.7 Å². The number of aromatic amines is 1. The molecule has 0 bridgehead atoms. The second kappa shape index (κ2) is 14.1. The molecular formula is C26H20BrCl2N3O2S2. The van der Waals surface area contributed by atoms with Crippen LogP contribution in [-0.2, 0) is 0 Å². The van der Waals surface area contributed by atoms with Crippen LogP contribution in [0.3, 0.4) is 0 Å². The highest BCUT2D eigenvalue weighted by Crippen LogP contribution is 2.25. The predicted molar refractivity (Wildman–Crippen MR) is 155 cm³/mol. The first kappa shape index (κ1) is 27.8. The number of rotatable bonds is 5. The molecule has 0 atom stereocenters. The second-order valence-electron chi connectivity index (χ2n) is 7.03. The first-order valence-electron chi connectivity index (χ1n) is 10.4. The summed E-state index contributed by atoms with van der Waals surface area (Å²) in [4.78, 5) is 30.8. The molecule has 0 unspecified atom stereocenters. The second-order valence-corrected chi connectivity index (χ2v) is 10.4. The van der Waals surface area contributed by atoms with Gasteiger partial charge in [0.2, 0.25) is 0 Å². The van der Waals surface area contributed by atoms with E-state index in [4.69, 9.17) is 28.9 Å². The zero-order chi connectivity index (χ0) is 25.9. The van der Waals surface area contributed by atoms with Crippen LogP contribution in [0.4, 0.5) is 0 Å². The van der Waals surface area contributed by atoms with Gasteiger partial charge >= 0.3 is 0 Å². The van der Waals surface area contributed by atoms with Crippen LogP contribution in [0.25, 0.3) is 22.0 Å². The standard InChI is InChI=1S/C13H9ClN2S.C8H6BrClO.C5H5NOS/c14-10-5-3-9(4-6-10)11-8-15-13(16-11)12-2-1-7-17-12;9-5-8(11)6-1-3-7(10)4-2-6;6-5(7)4-2-1-3-8-4/h1-8H,(H,15,16);1-4H,5H2;1-3H,(H2,6,7). The number of aromatic nitrogens is 2. The molecule has 3 N–H and O–H groups in total. The molecule has 1 amide bonds. The Balaban J connectivity index is 0.000000164. The lowest BCUT2D eigenvalue weighted by Gasteiger charge is -1.97. The summed E-state index contributed by atoms with van der Waals surface area (Å²) in [5, 5.41) is 5.61. The van der Waals surface area contributed by atoms with Crippen molar-refractivity contribution in [2.24, 2.45) is 5.73 Å². The molecular weight excluding hydrogens is 601 g/mol. The Morgan fingerprint density at radius 1 is 0.889 bits per heavy atom. The number of carbonyl (C=O) groups is 2. The third-order valence-corrected chi connectivity index (χ3v) is 7.31. The van der Waals surface area contributed by atoms with Gasteiger partial charge in [-0.15, -0.1) is 22.7 Å². The van der Waals surface area contributed by atoms with Crippen LogP contribution in [0.2, 0.25) is 10.0 Å². The summed E-state index contributed by atoms with van der Waals surface area (Å²) in [5.41, 5.74) is 7.71. The van der Waals surface area contributed by atoms with Crippen molar-refractivity contribution in [3.63, 3.8) is 0 Å². The number of nitrogens with two attached hydrogens (primary N) is 1. The first-order chi connectivity index (χ1) is 17.4. The number of Topliss-reactive ketones (excluding diaryl/α,β-unsaturated/α-hetero) is 1. The number of halogens is 3. The van der Waals surface area contributed by atoms with E-state index in [-0.39, 0.29) is 11.7 Å². The number of hydrogen-bond donors (Lipinski definition) is 2. The van der Waals surface area contributed by atoms with Gasteiger partial charge in [-0.1, -0.05) is 63.4 Å². The van der Waals surface area contributed by atoms with Crippen LogP contribution in [0.5, 0.6) is 0 Å². The minimum absolute atomic E-state index is 0.0710. The Kier molecular flexibility index (Phi) is 10.9. The molecule has 10 heteroatoms. The van der Waals surface area contributed by atoms with Crippen molar-refractivity contribution in [3.05, 3.63) is 110 Å². The summed E-state index contributed by atoms with van der Waals surface area (Å²) in [5.74, 6) is 0.631. The van der Waals surface area contributed by atoms with E-state index in [2.05, 4.69) is 32.0 Å². The van der Waals surface area contributed by atoms with E-state index in [0.29, 0.717) is 20.8 Å². The predicted octanol–water partition coefficient (Wildman–Crippen LogP) is 8.22. The normalized spacial score (nSPS) is 9.97. The van der Waals surface area contributed by atoms with Crippen molar-refractivity contribution in [1.82, 2.24) is 9.97 Å². The quantitative estimate of drug-likeness (QED) is 0.153. The van der Waals surface area contributed by atoms with Gasteiger partial charge in [-0.25, -0.2) is 4.98 Å². The summed E-state index contributed by atoms with van der Waals surface area (Å²) in [6, 6.07) is 22.1. The van der Waals surface area contributed by atoms with Crippen LogP contribution in [-0.4, -0.2) is 27.0 Å². The molecule has 5 rings (SSSR count). The summed E-state index contributed by atoms with van der Waals surface area (Å²) in [6.07, 6.45) is 1.85. The summed E-state index contributed by atoms with van der Waals surface area (Å²) in [7, 11) is 0. The summed E-state index contributed by atoms with van der Waals surface area (Å²) >= 11 is 17.6. The van der Waals surface area contributed by atoms with Crippen molar-refractivity contribution in [3.8, 4) is 22.0 Å². The highest BCUT2D eigenvalue weighted by Gasteiger charge is 2.06. The van der Waals surface area contributed by atoms with Gasteiger partial charge in [0.05, 0.1) is 27.0 Å². The lowest BCUT2D eigenvalue weighted by molar-refractivity contribution is 0.100. The number of hydrogen-bond acceptors (Lipinski definition) is 5. The fourth-order valence-electron chi connectivity index (χ4n) is 2.77. The number of carbonyl (C=O) groups excluding carboxylic acids is 2. The SMILES string of the molecule is Clc1ccc(-c2cnc(-c3cccs3)[nH]2)cc1.NC(=O)c1cccs1.O=C(CBr)c1ccc(Cl)cc1. The Labute approximate surface area is 235 Å². The molecule has 2 aromatic carbocycles. The third kappa shape index (κ3) is 8.43. The number of nitrogens with zero attached hydrogens (tertiary/aromatic N) is 1. The zero-order valence-electron chi connectivity index (χ0n) is 18.7. The number of thiophene rings is 2. The maximum Gasteiger partial charge on any atom is 0.258 e. The number of benzene rings is 2. The number of primary amides is 1. The molecule has 0 fully saturated rings. The maximum absolute atomic E-state index is 11.0. The fraction of sp³-hybridized carbons (Fsp3) is 0.0385. The van der Waals surface area contributed by atoms with Crippen LogP contribution < -0.4 is 5.73 Å². The average molecular weight is 621 g/mol. The minimum atomic E-state index is -0.347. The third-order valence-electron chi connectivity index (χ3n) is 4.54. The monoisotopic (exact) mass is 619 g/mol. The van der Waals surface area contributed by atoms with Gasteiger partial charge in [0.25, 0.3) is 5.91 Å². The molecule has 0 aliphatic rings. The highest BCUT2D eigenvalue weighted by atomic mass is 79.9. The smallest absolute Gasteiger partial charge is 0.258 e. The topological polar surface area (TPSA) is 88.8 Å². The molecule has 184 valence electrons. The Morgan fingerprint density at radius 2 is 1.50 bits per heavy atom. The fourth-order valence-corrected chi connectivity index (χ4v) is 4.60. The molecule has 36 heavy (non-hydrogen) atoms. The first-order valence-corrected chi connectivity index (χ1v) is 14.0. The molecule has 0 saturated heterocycles. The Hall–Kier alpha value is -2.75. The maximum atomic E-state index is 11.0. The van der Waals surface area contributed by atoms with Gasteiger partial charge in [0, 0.05) is 15.6 Å². The Morgan fingerprint density at radius 3 is 2.00 bits per heavy atom. The van der Waals surface area contributed by atoms with E-state index in [9.17, 15) is 9.59 Å². The van der Waals surface area contributed by atoms with Crippen molar-refractivity contribution in [2.45, 2.75) is 0 Å². The number of amides is 1. The van der Waals surface area contributed by atoms with Crippen molar-refractivity contribution in [1.29, 1.82) is 0 Å². The number of H-pyrrole nitrogens is 1. The molecule has 0 radical (unpaired) electrons. The highest BCUT2D eigenvalue weighted by molar-refractivity contribution is 9.09.